The predicted octanol–water partition coefficient (Wildman–Crippen LogP) is 3.61. The van der Waals surface area contributed by atoms with E-state index in [0.717, 1.165) is 25.4 Å². The van der Waals surface area contributed by atoms with Crippen LogP contribution in [0.15, 0.2) is 48.7 Å². The summed E-state index contributed by atoms with van der Waals surface area (Å²) in [5.41, 5.74) is 2.42. The Morgan fingerprint density at radius 2 is 2.19 bits per heavy atom. The van der Waals surface area contributed by atoms with Gasteiger partial charge in [0, 0.05) is 12.7 Å². The summed E-state index contributed by atoms with van der Waals surface area (Å²) in [5, 5.41) is 0. The maximum Gasteiger partial charge on any atom is 0.119 e. The number of pyridine rings is 1. The van der Waals surface area contributed by atoms with Crippen molar-refractivity contribution < 1.29 is 4.74 Å². The minimum Gasteiger partial charge on any atom is -0.492 e. The summed E-state index contributed by atoms with van der Waals surface area (Å²) in [6.45, 7) is 4.91. The Labute approximate surface area is 126 Å². The number of ether oxygens (including phenoxy) is 1. The SMILES string of the molecule is Cc1cccc(OCCN2CCCC2c2ccccn2)c1. The molecule has 1 aromatic carbocycles. The lowest BCUT2D eigenvalue weighted by Crippen LogP contribution is -2.28. The molecule has 1 fully saturated rings. The van der Waals surface area contributed by atoms with Crippen LogP contribution in [0.25, 0.3) is 0 Å². The molecule has 2 aromatic rings. The van der Waals surface area contributed by atoms with Gasteiger partial charge in [0.05, 0.1) is 11.7 Å². The summed E-state index contributed by atoms with van der Waals surface area (Å²) < 4.78 is 5.87. The van der Waals surface area contributed by atoms with Crippen LogP contribution in [0, 0.1) is 6.92 Å². The number of hydrogen-bond donors (Lipinski definition) is 0. The van der Waals surface area contributed by atoms with E-state index in [1.165, 1.54) is 24.1 Å². The molecule has 1 unspecified atom stereocenters. The van der Waals surface area contributed by atoms with Crippen molar-refractivity contribution in [2.24, 2.45) is 0 Å². The van der Waals surface area contributed by atoms with Crippen LogP contribution in [0.4, 0.5) is 0 Å². The lowest BCUT2D eigenvalue weighted by Gasteiger charge is -2.23. The van der Waals surface area contributed by atoms with Gasteiger partial charge in [-0.1, -0.05) is 18.2 Å². The molecule has 1 aromatic heterocycles. The van der Waals surface area contributed by atoms with Gasteiger partial charge >= 0.3 is 0 Å². The van der Waals surface area contributed by atoms with Crippen molar-refractivity contribution in [2.45, 2.75) is 25.8 Å². The summed E-state index contributed by atoms with van der Waals surface area (Å²) in [5.74, 6) is 0.962. The smallest absolute Gasteiger partial charge is 0.119 e. The highest BCUT2D eigenvalue weighted by atomic mass is 16.5. The monoisotopic (exact) mass is 282 g/mol. The number of aryl methyl sites for hydroxylation is 1. The van der Waals surface area contributed by atoms with Gasteiger partial charge in [0.2, 0.25) is 0 Å². The third-order valence-corrected chi connectivity index (χ3v) is 4.03. The fourth-order valence-corrected chi connectivity index (χ4v) is 2.99. The van der Waals surface area contributed by atoms with Crippen LogP contribution in [0.3, 0.4) is 0 Å². The molecule has 1 aliphatic heterocycles. The van der Waals surface area contributed by atoms with Gasteiger partial charge in [0.15, 0.2) is 0 Å². The van der Waals surface area contributed by atoms with Crippen molar-refractivity contribution in [3.05, 3.63) is 59.9 Å². The molecule has 3 heteroatoms. The van der Waals surface area contributed by atoms with Crippen molar-refractivity contribution in [3.63, 3.8) is 0 Å². The molecule has 3 rings (SSSR count). The van der Waals surface area contributed by atoms with Crippen LogP contribution in [-0.4, -0.2) is 29.6 Å². The van der Waals surface area contributed by atoms with Crippen LogP contribution < -0.4 is 4.74 Å². The molecule has 0 amide bonds. The first-order valence-electron chi connectivity index (χ1n) is 7.67. The molecule has 2 heterocycles. The van der Waals surface area contributed by atoms with Crippen LogP contribution in [0.1, 0.15) is 30.1 Å². The van der Waals surface area contributed by atoms with E-state index in [2.05, 4.69) is 41.1 Å². The zero-order valence-corrected chi connectivity index (χ0v) is 12.5. The molecule has 0 saturated carbocycles. The number of hydrogen-bond acceptors (Lipinski definition) is 3. The molecule has 0 bridgehead atoms. The van der Waals surface area contributed by atoms with Crippen LogP contribution in [-0.2, 0) is 0 Å². The molecule has 1 atom stereocenters. The Morgan fingerprint density at radius 1 is 1.24 bits per heavy atom. The molecule has 3 nitrogen and oxygen atoms in total. The minimum absolute atomic E-state index is 0.451. The molecule has 0 N–H and O–H groups in total. The minimum atomic E-state index is 0.451. The first kappa shape index (κ1) is 14.1. The third kappa shape index (κ3) is 3.61. The average molecular weight is 282 g/mol. The normalized spacial score (nSPS) is 18.8. The predicted molar refractivity (Wildman–Crippen MR) is 84.5 cm³/mol. The molecule has 110 valence electrons. The summed E-state index contributed by atoms with van der Waals surface area (Å²) in [4.78, 5) is 6.99. The van der Waals surface area contributed by atoms with E-state index in [4.69, 9.17) is 4.74 Å². The van der Waals surface area contributed by atoms with E-state index >= 15 is 0 Å². The Kier molecular flexibility index (Phi) is 4.51. The van der Waals surface area contributed by atoms with Crippen molar-refractivity contribution in [3.8, 4) is 5.75 Å². The fraction of sp³-hybridized carbons (Fsp3) is 0.389. The van der Waals surface area contributed by atoms with E-state index in [1.54, 1.807) is 0 Å². The van der Waals surface area contributed by atoms with Gasteiger partial charge in [-0.2, -0.15) is 0 Å². The maximum atomic E-state index is 5.87. The molecule has 0 radical (unpaired) electrons. The highest BCUT2D eigenvalue weighted by Gasteiger charge is 2.26. The summed E-state index contributed by atoms with van der Waals surface area (Å²) in [6, 6.07) is 14.9. The number of likely N-dealkylation sites (tertiary alicyclic amines) is 1. The molecule has 1 saturated heterocycles. The number of nitrogens with zero attached hydrogens (tertiary/aromatic N) is 2. The van der Waals surface area contributed by atoms with Gasteiger partial charge in [-0.3, -0.25) is 9.88 Å². The number of benzene rings is 1. The van der Waals surface area contributed by atoms with Gasteiger partial charge in [-0.15, -0.1) is 0 Å². The Balaban J connectivity index is 1.55. The largest absolute Gasteiger partial charge is 0.492 e. The highest BCUT2D eigenvalue weighted by molar-refractivity contribution is 5.27. The van der Waals surface area contributed by atoms with Crippen LogP contribution in [0.5, 0.6) is 5.75 Å². The van der Waals surface area contributed by atoms with Crippen molar-refractivity contribution in [1.82, 2.24) is 9.88 Å². The molecule has 1 aliphatic rings. The van der Waals surface area contributed by atoms with Crippen LogP contribution >= 0.6 is 0 Å². The van der Waals surface area contributed by atoms with E-state index in [-0.39, 0.29) is 0 Å². The first-order chi connectivity index (χ1) is 10.3. The third-order valence-electron chi connectivity index (χ3n) is 4.03. The zero-order valence-electron chi connectivity index (χ0n) is 12.5. The van der Waals surface area contributed by atoms with Gasteiger partial charge in [0.25, 0.3) is 0 Å². The second-order valence-corrected chi connectivity index (χ2v) is 5.61. The Bertz CT molecular complexity index is 570. The van der Waals surface area contributed by atoms with E-state index in [0.29, 0.717) is 6.04 Å². The highest BCUT2D eigenvalue weighted by Crippen LogP contribution is 2.30. The lowest BCUT2D eigenvalue weighted by molar-refractivity contribution is 0.195. The second kappa shape index (κ2) is 6.72. The summed E-state index contributed by atoms with van der Waals surface area (Å²) in [7, 11) is 0. The van der Waals surface area contributed by atoms with E-state index in [9.17, 15) is 0 Å². The van der Waals surface area contributed by atoms with Gasteiger partial charge in [-0.25, -0.2) is 0 Å². The molecule has 0 spiro atoms. The topological polar surface area (TPSA) is 25.4 Å². The van der Waals surface area contributed by atoms with Crippen molar-refractivity contribution in [1.29, 1.82) is 0 Å². The molecular formula is C18H22N2O. The second-order valence-electron chi connectivity index (χ2n) is 5.61. The molecule has 0 aliphatic carbocycles. The standard InChI is InChI=1S/C18H22N2O/c1-15-6-4-7-16(14-15)21-13-12-20-11-5-9-18(20)17-8-2-3-10-19-17/h2-4,6-8,10,14,18H,5,9,11-13H2,1H3. The first-order valence-corrected chi connectivity index (χ1v) is 7.67. The fourth-order valence-electron chi connectivity index (χ4n) is 2.99. The quantitative estimate of drug-likeness (QED) is 0.837. The Morgan fingerprint density at radius 3 is 3.00 bits per heavy atom. The lowest BCUT2D eigenvalue weighted by atomic mass is 10.1. The number of aromatic nitrogens is 1. The Hall–Kier alpha value is -1.87. The van der Waals surface area contributed by atoms with Gasteiger partial charge in [-0.05, 0) is 56.1 Å². The van der Waals surface area contributed by atoms with Gasteiger partial charge < -0.3 is 4.74 Å². The van der Waals surface area contributed by atoms with Gasteiger partial charge in [0.1, 0.15) is 12.4 Å². The van der Waals surface area contributed by atoms with Crippen molar-refractivity contribution in [2.75, 3.05) is 19.7 Å². The zero-order chi connectivity index (χ0) is 14.5. The maximum absolute atomic E-state index is 5.87. The van der Waals surface area contributed by atoms with E-state index < -0.39 is 0 Å². The van der Waals surface area contributed by atoms with E-state index in [1.807, 2.05) is 24.4 Å². The molecular weight excluding hydrogens is 260 g/mol. The summed E-state index contributed by atoms with van der Waals surface area (Å²) in [6.07, 6.45) is 4.32. The summed E-state index contributed by atoms with van der Waals surface area (Å²) >= 11 is 0. The van der Waals surface area contributed by atoms with Crippen LogP contribution in [0.2, 0.25) is 0 Å². The van der Waals surface area contributed by atoms with Crippen molar-refractivity contribution >= 4 is 0 Å². The number of rotatable bonds is 5. The average Bonchev–Trinajstić information content (AvgIpc) is 2.97. The molecule has 21 heavy (non-hydrogen) atoms.